The molecule has 2 N–H and O–H groups in total. The van der Waals surface area contributed by atoms with E-state index >= 15 is 0 Å². The molecule has 162 valence electrons. The van der Waals surface area contributed by atoms with E-state index in [4.69, 9.17) is 9.84 Å². The molecule has 0 saturated carbocycles. The lowest BCUT2D eigenvalue weighted by Crippen LogP contribution is -2.32. The number of ether oxygens (including phenoxy) is 1. The fourth-order valence-corrected chi connectivity index (χ4v) is 3.48. The van der Waals surface area contributed by atoms with Gasteiger partial charge in [0.05, 0.1) is 17.8 Å². The van der Waals surface area contributed by atoms with Crippen molar-refractivity contribution in [1.29, 1.82) is 5.26 Å². The predicted molar refractivity (Wildman–Crippen MR) is 115 cm³/mol. The number of likely N-dealkylation sites (tertiary alicyclic amines) is 1. The Morgan fingerprint density at radius 2 is 2.19 bits per heavy atom. The summed E-state index contributed by atoms with van der Waals surface area (Å²) in [5, 5.41) is 21.6. The van der Waals surface area contributed by atoms with E-state index in [1.54, 1.807) is 47.5 Å². The maximum absolute atomic E-state index is 13.4. The summed E-state index contributed by atoms with van der Waals surface area (Å²) in [5.41, 5.74) is 2.14. The molecule has 9 heteroatoms. The number of amides is 1. The molecule has 1 unspecified atom stereocenters. The maximum Gasteiger partial charge on any atom is 0.248 e. The molecule has 4 rings (SSSR count). The van der Waals surface area contributed by atoms with Crippen LogP contribution >= 0.6 is 0 Å². The SMILES string of the molecule is N#Cc1cc(-c2ccnc(Nc3cccc(F)c3)n2)ccc1OC1CCN(C(=O)CO)C1. The van der Waals surface area contributed by atoms with Crippen molar-refractivity contribution in [3.8, 4) is 23.1 Å². The van der Waals surface area contributed by atoms with Crippen LogP contribution in [0.1, 0.15) is 12.0 Å². The normalized spacial score (nSPS) is 15.3. The average Bonchev–Trinajstić information content (AvgIpc) is 3.27. The highest BCUT2D eigenvalue weighted by atomic mass is 19.1. The smallest absolute Gasteiger partial charge is 0.248 e. The first kappa shape index (κ1) is 21.2. The fourth-order valence-electron chi connectivity index (χ4n) is 3.48. The number of halogens is 1. The minimum Gasteiger partial charge on any atom is -0.487 e. The topological polar surface area (TPSA) is 111 Å². The van der Waals surface area contributed by atoms with Gasteiger partial charge in [-0.15, -0.1) is 0 Å². The third-order valence-corrected chi connectivity index (χ3v) is 5.06. The zero-order valence-corrected chi connectivity index (χ0v) is 17.0. The van der Waals surface area contributed by atoms with Gasteiger partial charge in [0, 0.05) is 30.4 Å². The molecule has 1 fully saturated rings. The van der Waals surface area contributed by atoms with Crippen LogP contribution in [0.15, 0.2) is 54.7 Å². The van der Waals surface area contributed by atoms with E-state index in [0.717, 1.165) is 0 Å². The molecule has 3 aromatic rings. The lowest BCUT2D eigenvalue weighted by Gasteiger charge is -2.17. The van der Waals surface area contributed by atoms with Gasteiger partial charge in [0.2, 0.25) is 11.9 Å². The summed E-state index contributed by atoms with van der Waals surface area (Å²) in [5.74, 6) is 0.0168. The molecule has 0 aliphatic carbocycles. The van der Waals surface area contributed by atoms with Gasteiger partial charge < -0.3 is 20.1 Å². The number of carbonyl (C=O) groups excluding carboxylic acids is 1. The number of aromatic nitrogens is 2. The van der Waals surface area contributed by atoms with Gasteiger partial charge in [-0.25, -0.2) is 14.4 Å². The zero-order chi connectivity index (χ0) is 22.5. The van der Waals surface area contributed by atoms with Gasteiger partial charge in [0.15, 0.2) is 0 Å². The first-order chi connectivity index (χ1) is 15.6. The molecular formula is C23H20FN5O3. The Labute approximate surface area is 183 Å². The summed E-state index contributed by atoms with van der Waals surface area (Å²) in [6.45, 7) is 0.346. The van der Waals surface area contributed by atoms with E-state index in [-0.39, 0.29) is 17.8 Å². The van der Waals surface area contributed by atoms with Gasteiger partial charge in [-0.3, -0.25) is 4.79 Å². The molecule has 1 saturated heterocycles. The van der Waals surface area contributed by atoms with E-state index in [9.17, 15) is 14.4 Å². The summed E-state index contributed by atoms with van der Waals surface area (Å²) in [6.07, 6.45) is 1.95. The molecule has 1 atom stereocenters. The summed E-state index contributed by atoms with van der Waals surface area (Å²) in [7, 11) is 0. The van der Waals surface area contributed by atoms with Crippen LogP contribution in [0.25, 0.3) is 11.3 Å². The van der Waals surface area contributed by atoms with E-state index in [1.165, 1.54) is 12.1 Å². The van der Waals surface area contributed by atoms with E-state index in [1.807, 2.05) is 0 Å². The van der Waals surface area contributed by atoms with Crippen molar-refractivity contribution >= 4 is 17.5 Å². The number of aliphatic hydroxyl groups is 1. The Kier molecular flexibility index (Phi) is 6.24. The Bertz CT molecular complexity index is 1180. The highest BCUT2D eigenvalue weighted by Crippen LogP contribution is 2.28. The van der Waals surface area contributed by atoms with Gasteiger partial charge >= 0.3 is 0 Å². The molecule has 0 radical (unpaired) electrons. The summed E-state index contributed by atoms with van der Waals surface area (Å²) in [4.78, 5) is 21.8. The highest BCUT2D eigenvalue weighted by Gasteiger charge is 2.27. The highest BCUT2D eigenvalue weighted by molar-refractivity contribution is 5.77. The van der Waals surface area contributed by atoms with Crippen molar-refractivity contribution in [2.24, 2.45) is 0 Å². The van der Waals surface area contributed by atoms with E-state index in [2.05, 4.69) is 21.4 Å². The number of aliphatic hydroxyl groups excluding tert-OH is 1. The molecule has 8 nitrogen and oxygen atoms in total. The number of rotatable bonds is 6. The Morgan fingerprint density at radius 1 is 1.31 bits per heavy atom. The van der Waals surface area contributed by atoms with Crippen LogP contribution in [0.3, 0.4) is 0 Å². The molecule has 1 aliphatic heterocycles. The molecule has 1 aromatic heterocycles. The van der Waals surface area contributed by atoms with Crippen LogP contribution in [-0.2, 0) is 4.79 Å². The Morgan fingerprint density at radius 3 is 2.97 bits per heavy atom. The van der Waals surface area contributed by atoms with E-state index < -0.39 is 6.61 Å². The molecule has 1 aliphatic rings. The lowest BCUT2D eigenvalue weighted by molar-refractivity contribution is -0.133. The second-order valence-electron chi connectivity index (χ2n) is 7.25. The Balaban J connectivity index is 1.51. The summed E-state index contributed by atoms with van der Waals surface area (Å²) < 4.78 is 19.4. The molecule has 2 heterocycles. The van der Waals surface area contributed by atoms with Crippen molar-refractivity contribution in [1.82, 2.24) is 14.9 Å². The van der Waals surface area contributed by atoms with Crippen molar-refractivity contribution in [2.75, 3.05) is 25.0 Å². The second kappa shape index (κ2) is 9.41. The third kappa shape index (κ3) is 4.82. The van der Waals surface area contributed by atoms with Crippen LogP contribution in [0, 0.1) is 17.1 Å². The first-order valence-electron chi connectivity index (χ1n) is 10.0. The van der Waals surface area contributed by atoms with Gasteiger partial charge in [0.1, 0.15) is 30.3 Å². The number of benzene rings is 2. The molecule has 32 heavy (non-hydrogen) atoms. The maximum atomic E-state index is 13.4. The van der Waals surface area contributed by atoms with Crippen LogP contribution in [-0.4, -0.2) is 51.7 Å². The number of anilines is 2. The minimum absolute atomic E-state index is 0.246. The van der Waals surface area contributed by atoms with Gasteiger partial charge in [-0.1, -0.05) is 6.07 Å². The molecule has 0 spiro atoms. The zero-order valence-electron chi connectivity index (χ0n) is 17.0. The van der Waals surface area contributed by atoms with Crippen LogP contribution in [0.2, 0.25) is 0 Å². The average molecular weight is 433 g/mol. The number of nitriles is 1. The van der Waals surface area contributed by atoms with Crippen molar-refractivity contribution in [3.05, 3.63) is 66.1 Å². The quantitative estimate of drug-likeness (QED) is 0.615. The predicted octanol–water partition coefficient (Wildman–Crippen LogP) is 2.87. The van der Waals surface area contributed by atoms with Crippen LogP contribution in [0.5, 0.6) is 5.75 Å². The third-order valence-electron chi connectivity index (χ3n) is 5.06. The first-order valence-corrected chi connectivity index (χ1v) is 10.0. The number of nitrogens with one attached hydrogen (secondary N) is 1. The largest absolute Gasteiger partial charge is 0.487 e. The molecule has 0 bridgehead atoms. The fraction of sp³-hybridized carbons (Fsp3) is 0.217. The van der Waals surface area contributed by atoms with Gasteiger partial charge in [-0.2, -0.15) is 5.26 Å². The summed E-state index contributed by atoms with van der Waals surface area (Å²) >= 11 is 0. The van der Waals surface area contributed by atoms with Crippen LogP contribution in [0.4, 0.5) is 16.0 Å². The van der Waals surface area contributed by atoms with Gasteiger partial charge in [0.25, 0.3) is 0 Å². The number of hydrogen-bond acceptors (Lipinski definition) is 7. The minimum atomic E-state index is -0.528. The standard InChI is InChI=1S/C23H20FN5O3/c24-17-2-1-3-18(11-17)27-23-26-8-6-20(28-23)15-4-5-21(16(10-15)12-25)32-19-7-9-29(13-19)22(31)14-30/h1-6,8,10-11,19,30H,7,9,13-14H2,(H,26,27,28). The molecule has 2 aromatic carbocycles. The Hall–Kier alpha value is -4.03. The van der Waals surface area contributed by atoms with Crippen molar-refractivity contribution in [2.45, 2.75) is 12.5 Å². The number of hydrogen-bond donors (Lipinski definition) is 2. The molecular weight excluding hydrogens is 413 g/mol. The monoisotopic (exact) mass is 433 g/mol. The van der Waals surface area contributed by atoms with Crippen molar-refractivity contribution in [3.63, 3.8) is 0 Å². The van der Waals surface area contributed by atoms with Gasteiger partial charge in [-0.05, 0) is 42.5 Å². The summed E-state index contributed by atoms with van der Waals surface area (Å²) in [6, 6.07) is 15.0. The second-order valence-corrected chi connectivity index (χ2v) is 7.25. The van der Waals surface area contributed by atoms with Crippen molar-refractivity contribution < 1.29 is 19.0 Å². The number of carbonyl (C=O) groups is 1. The van der Waals surface area contributed by atoms with E-state index in [0.29, 0.717) is 53.7 Å². The molecule has 1 amide bonds. The number of nitrogens with zero attached hydrogens (tertiary/aromatic N) is 4. The van der Waals surface area contributed by atoms with Crippen LogP contribution < -0.4 is 10.1 Å². The lowest BCUT2D eigenvalue weighted by atomic mass is 10.1.